The van der Waals surface area contributed by atoms with Gasteiger partial charge in [0.25, 0.3) is 0 Å². The van der Waals surface area contributed by atoms with Gasteiger partial charge in [0.1, 0.15) is 5.69 Å². The summed E-state index contributed by atoms with van der Waals surface area (Å²) in [5.74, 6) is -0.196. The van der Waals surface area contributed by atoms with Crippen molar-refractivity contribution in [3.8, 4) is 0 Å². The van der Waals surface area contributed by atoms with Crippen LogP contribution in [0.25, 0.3) is 0 Å². The molecule has 1 rings (SSSR count). The normalized spacial score (nSPS) is 8.67. The standard InChI is InChI=1S/C5H7N3O2.C2H6/c1-3(10)5-4(2-9)6-8-7-5;1-2/h9H,2H2,1H3,(H,6,7,8);1-2H3. The van der Waals surface area contributed by atoms with E-state index in [4.69, 9.17) is 5.11 Å². The second-order valence-corrected chi connectivity index (χ2v) is 1.83. The number of aromatic amines is 1. The van der Waals surface area contributed by atoms with Crippen LogP contribution in [0.15, 0.2) is 0 Å². The molecule has 0 radical (unpaired) electrons. The summed E-state index contributed by atoms with van der Waals surface area (Å²) < 4.78 is 0. The van der Waals surface area contributed by atoms with Gasteiger partial charge in [0.05, 0.1) is 6.61 Å². The number of aromatic nitrogens is 3. The number of H-pyrrole nitrogens is 1. The first-order valence-corrected chi connectivity index (χ1v) is 3.77. The van der Waals surface area contributed by atoms with E-state index < -0.39 is 0 Å². The third-order valence-electron chi connectivity index (χ3n) is 1.10. The SMILES string of the molecule is CC.CC(=O)c1n[nH]nc1CO. The maximum atomic E-state index is 10.7. The molecule has 2 N–H and O–H groups in total. The van der Waals surface area contributed by atoms with E-state index in [1.165, 1.54) is 6.92 Å². The van der Waals surface area contributed by atoms with Crippen LogP contribution in [0.4, 0.5) is 0 Å². The molecule has 0 unspecified atom stereocenters. The summed E-state index contributed by atoms with van der Waals surface area (Å²) in [4.78, 5) is 10.7. The topological polar surface area (TPSA) is 78.9 Å². The Kier molecular flexibility index (Phi) is 4.87. The Morgan fingerprint density at radius 3 is 2.42 bits per heavy atom. The van der Waals surface area contributed by atoms with Gasteiger partial charge in [-0.05, 0) is 0 Å². The number of aliphatic hydroxyl groups is 1. The number of rotatable bonds is 2. The highest BCUT2D eigenvalue weighted by Crippen LogP contribution is 2.00. The Balaban J connectivity index is 0.000000561. The Labute approximate surface area is 70.8 Å². The van der Waals surface area contributed by atoms with Crippen molar-refractivity contribution in [2.45, 2.75) is 27.4 Å². The van der Waals surface area contributed by atoms with Gasteiger partial charge in [0.2, 0.25) is 0 Å². The molecular formula is C7H13N3O2. The average molecular weight is 171 g/mol. The summed E-state index contributed by atoms with van der Waals surface area (Å²) in [6.45, 7) is 5.11. The zero-order valence-corrected chi connectivity index (χ0v) is 7.46. The van der Waals surface area contributed by atoms with Crippen molar-refractivity contribution in [1.29, 1.82) is 0 Å². The second kappa shape index (κ2) is 5.42. The maximum Gasteiger partial charge on any atom is 0.182 e. The summed E-state index contributed by atoms with van der Waals surface area (Å²) >= 11 is 0. The first-order chi connectivity index (χ1) is 5.75. The van der Waals surface area contributed by atoms with E-state index >= 15 is 0 Å². The predicted octanol–water partition coefficient (Wildman–Crippen LogP) is 0.526. The van der Waals surface area contributed by atoms with Crippen LogP contribution in [0.3, 0.4) is 0 Å². The van der Waals surface area contributed by atoms with Crippen LogP contribution in [-0.2, 0) is 6.61 Å². The lowest BCUT2D eigenvalue weighted by Crippen LogP contribution is -1.98. The minimum atomic E-state index is -0.259. The van der Waals surface area contributed by atoms with E-state index in [2.05, 4.69) is 15.4 Å². The van der Waals surface area contributed by atoms with Gasteiger partial charge >= 0.3 is 0 Å². The highest BCUT2D eigenvalue weighted by molar-refractivity contribution is 5.92. The van der Waals surface area contributed by atoms with Crippen molar-refractivity contribution in [2.75, 3.05) is 0 Å². The van der Waals surface area contributed by atoms with Crippen LogP contribution in [0.2, 0.25) is 0 Å². The van der Waals surface area contributed by atoms with Gasteiger partial charge < -0.3 is 5.11 Å². The lowest BCUT2D eigenvalue weighted by molar-refractivity contribution is 0.101. The summed E-state index contributed by atoms with van der Waals surface area (Å²) in [6.07, 6.45) is 0. The zero-order chi connectivity index (χ0) is 9.56. The Bertz CT molecular complexity index is 245. The molecule has 0 bridgehead atoms. The number of ketones is 1. The zero-order valence-electron chi connectivity index (χ0n) is 7.46. The van der Waals surface area contributed by atoms with Gasteiger partial charge in [-0.15, -0.1) is 0 Å². The number of Topliss-reactive ketones (excluding diaryl/α,β-unsaturated/α-hetero) is 1. The fourth-order valence-corrected chi connectivity index (χ4v) is 0.645. The first-order valence-electron chi connectivity index (χ1n) is 3.77. The molecule has 0 atom stereocenters. The van der Waals surface area contributed by atoms with Gasteiger partial charge in [-0.3, -0.25) is 4.79 Å². The number of carbonyl (C=O) groups excluding carboxylic acids is 1. The number of hydrogen-bond acceptors (Lipinski definition) is 4. The molecule has 0 amide bonds. The molecule has 0 saturated carbocycles. The van der Waals surface area contributed by atoms with Crippen LogP contribution in [0.1, 0.15) is 37.0 Å². The van der Waals surface area contributed by atoms with Crippen LogP contribution in [0, 0.1) is 0 Å². The average Bonchev–Trinajstić information content (AvgIpc) is 2.55. The van der Waals surface area contributed by atoms with Gasteiger partial charge in [-0.25, -0.2) is 0 Å². The lowest BCUT2D eigenvalue weighted by Gasteiger charge is -1.87. The molecule has 1 aromatic rings. The van der Waals surface area contributed by atoms with Crippen LogP contribution in [0.5, 0.6) is 0 Å². The van der Waals surface area contributed by atoms with E-state index in [0.29, 0.717) is 5.69 Å². The number of nitrogens with one attached hydrogen (secondary N) is 1. The third kappa shape index (κ3) is 2.43. The van der Waals surface area contributed by atoms with E-state index in [1.54, 1.807) is 0 Å². The van der Waals surface area contributed by atoms with Crippen LogP contribution >= 0.6 is 0 Å². The molecule has 5 heteroatoms. The van der Waals surface area contributed by atoms with E-state index in [0.717, 1.165) is 0 Å². The molecule has 0 aliphatic heterocycles. The summed E-state index contributed by atoms with van der Waals surface area (Å²) in [5, 5.41) is 17.9. The molecule has 1 aromatic heterocycles. The number of nitrogens with zero attached hydrogens (tertiary/aromatic N) is 2. The van der Waals surface area contributed by atoms with Crippen molar-refractivity contribution < 1.29 is 9.90 Å². The summed E-state index contributed by atoms with van der Waals surface area (Å²) in [6, 6.07) is 0. The van der Waals surface area contributed by atoms with Crippen molar-refractivity contribution in [2.24, 2.45) is 0 Å². The molecule has 0 spiro atoms. The predicted molar refractivity (Wildman–Crippen MR) is 43.7 cm³/mol. The molecule has 0 fully saturated rings. The van der Waals surface area contributed by atoms with Gasteiger partial charge in [0.15, 0.2) is 11.5 Å². The molecule has 12 heavy (non-hydrogen) atoms. The van der Waals surface area contributed by atoms with Crippen molar-refractivity contribution in [1.82, 2.24) is 15.4 Å². The molecule has 0 saturated heterocycles. The minimum absolute atomic E-state index is 0.196. The Hall–Kier alpha value is -1.23. The Morgan fingerprint density at radius 1 is 1.50 bits per heavy atom. The van der Waals surface area contributed by atoms with E-state index in [9.17, 15) is 4.79 Å². The Morgan fingerprint density at radius 2 is 2.08 bits per heavy atom. The molecule has 0 aliphatic carbocycles. The number of hydrogen-bond donors (Lipinski definition) is 2. The molecule has 0 aliphatic rings. The van der Waals surface area contributed by atoms with Gasteiger partial charge in [-0.1, -0.05) is 13.8 Å². The minimum Gasteiger partial charge on any atom is -0.390 e. The van der Waals surface area contributed by atoms with Crippen molar-refractivity contribution in [3.05, 3.63) is 11.4 Å². The van der Waals surface area contributed by atoms with Crippen molar-refractivity contribution in [3.63, 3.8) is 0 Å². The number of aliphatic hydroxyl groups excluding tert-OH is 1. The quantitative estimate of drug-likeness (QED) is 0.636. The van der Waals surface area contributed by atoms with Crippen LogP contribution < -0.4 is 0 Å². The molecule has 5 nitrogen and oxygen atoms in total. The highest BCUT2D eigenvalue weighted by Gasteiger charge is 2.09. The van der Waals surface area contributed by atoms with Gasteiger partial charge in [0, 0.05) is 6.92 Å². The third-order valence-corrected chi connectivity index (χ3v) is 1.10. The first kappa shape index (κ1) is 10.8. The summed E-state index contributed by atoms with van der Waals surface area (Å²) in [5.41, 5.74) is 0.509. The number of carbonyl (C=O) groups is 1. The molecular weight excluding hydrogens is 158 g/mol. The fourth-order valence-electron chi connectivity index (χ4n) is 0.645. The maximum absolute atomic E-state index is 10.7. The smallest absolute Gasteiger partial charge is 0.182 e. The fraction of sp³-hybridized carbons (Fsp3) is 0.571. The summed E-state index contributed by atoms with van der Waals surface area (Å²) in [7, 11) is 0. The second-order valence-electron chi connectivity index (χ2n) is 1.83. The highest BCUT2D eigenvalue weighted by atomic mass is 16.3. The van der Waals surface area contributed by atoms with Crippen molar-refractivity contribution >= 4 is 5.78 Å². The largest absolute Gasteiger partial charge is 0.390 e. The lowest BCUT2D eigenvalue weighted by atomic mass is 10.2. The van der Waals surface area contributed by atoms with E-state index in [1.807, 2.05) is 13.8 Å². The van der Waals surface area contributed by atoms with E-state index in [-0.39, 0.29) is 18.1 Å². The van der Waals surface area contributed by atoms with Gasteiger partial charge in [-0.2, -0.15) is 15.4 Å². The molecule has 1 heterocycles. The monoisotopic (exact) mass is 171 g/mol. The molecule has 0 aromatic carbocycles. The molecule has 68 valence electrons. The van der Waals surface area contributed by atoms with Crippen LogP contribution in [-0.4, -0.2) is 26.3 Å².